The summed E-state index contributed by atoms with van der Waals surface area (Å²) in [6.45, 7) is -0.559. The molecule has 1 aliphatic rings. The van der Waals surface area contributed by atoms with Gasteiger partial charge in [0.2, 0.25) is 0 Å². The van der Waals surface area contributed by atoms with Crippen molar-refractivity contribution in [2.45, 2.75) is 38.5 Å². The summed E-state index contributed by atoms with van der Waals surface area (Å²) in [7, 11) is 0. The minimum atomic E-state index is -2.88. The molecular formula is C15H20F2N2O3. The second-order valence-corrected chi connectivity index (χ2v) is 5.29. The van der Waals surface area contributed by atoms with Gasteiger partial charge in [-0.2, -0.15) is 8.78 Å². The predicted octanol–water partition coefficient (Wildman–Crippen LogP) is 2.52. The van der Waals surface area contributed by atoms with Crippen LogP contribution in [0.3, 0.4) is 0 Å². The van der Waals surface area contributed by atoms with E-state index in [0.717, 1.165) is 12.8 Å². The molecule has 2 amide bonds. The van der Waals surface area contributed by atoms with Gasteiger partial charge in [0.05, 0.1) is 18.7 Å². The van der Waals surface area contributed by atoms with Crippen LogP contribution >= 0.6 is 0 Å². The number of likely N-dealkylation sites (tertiary alicyclic amines) is 1. The number of ether oxygens (including phenoxy) is 1. The molecule has 1 aliphatic heterocycles. The third-order valence-corrected chi connectivity index (χ3v) is 3.77. The van der Waals surface area contributed by atoms with Gasteiger partial charge in [-0.1, -0.05) is 12.1 Å². The summed E-state index contributed by atoms with van der Waals surface area (Å²) in [5.41, 5.74) is 0.672. The van der Waals surface area contributed by atoms with Crippen LogP contribution in [-0.4, -0.2) is 41.8 Å². The van der Waals surface area contributed by atoms with Crippen molar-refractivity contribution in [3.05, 3.63) is 29.8 Å². The summed E-state index contributed by atoms with van der Waals surface area (Å²) in [6, 6.07) is 5.48. The minimum Gasteiger partial charge on any atom is -0.435 e. The summed E-state index contributed by atoms with van der Waals surface area (Å²) in [6.07, 6.45) is 1.65. The van der Waals surface area contributed by atoms with Gasteiger partial charge >= 0.3 is 12.6 Å². The van der Waals surface area contributed by atoms with Gasteiger partial charge in [-0.05, 0) is 37.5 Å². The molecule has 0 saturated carbocycles. The van der Waals surface area contributed by atoms with Crippen LogP contribution in [0.5, 0.6) is 5.75 Å². The van der Waals surface area contributed by atoms with Gasteiger partial charge in [0.1, 0.15) is 5.75 Å². The highest BCUT2D eigenvalue weighted by Crippen LogP contribution is 2.22. The molecule has 22 heavy (non-hydrogen) atoms. The average molecular weight is 314 g/mol. The zero-order valence-electron chi connectivity index (χ0n) is 12.3. The van der Waals surface area contributed by atoms with Crippen molar-refractivity contribution in [3.8, 4) is 5.75 Å². The number of halogens is 2. The van der Waals surface area contributed by atoms with Crippen LogP contribution in [0.4, 0.5) is 13.6 Å². The Morgan fingerprint density at radius 2 is 2.32 bits per heavy atom. The highest BCUT2D eigenvalue weighted by molar-refractivity contribution is 5.75. The molecule has 5 nitrogen and oxygen atoms in total. The standard InChI is InChI=1S/C15H20F2N2O3/c1-10(11-4-2-6-13(8-11)22-14(16)17)18-15(21)19-7-3-5-12(19)9-20/h2,4,6,8,10,12,14,20H,3,5,7,9H2,1H3,(H,18,21)/t10?,12-/m0/s1. The number of hydrogen-bond acceptors (Lipinski definition) is 3. The first-order valence-electron chi connectivity index (χ1n) is 7.24. The third-order valence-electron chi connectivity index (χ3n) is 3.77. The molecule has 1 unspecified atom stereocenters. The summed E-state index contributed by atoms with van der Waals surface area (Å²) in [5, 5.41) is 12.1. The number of carbonyl (C=O) groups excluding carboxylic acids is 1. The molecule has 0 aromatic heterocycles. The molecule has 1 heterocycles. The van der Waals surface area contributed by atoms with Crippen LogP contribution in [-0.2, 0) is 0 Å². The predicted molar refractivity (Wildman–Crippen MR) is 76.8 cm³/mol. The fraction of sp³-hybridized carbons (Fsp3) is 0.533. The highest BCUT2D eigenvalue weighted by Gasteiger charge is 2.28. The smallest absolute Gasteiger partial charge is 0.387 e. The maximum Gasteiger partial charge on any atom is 0.387 e. The van der Waals surface area contributed by atoms with Crippen LogP contribution in [0, 0.1) is 0 Å². The first-order chi connectivity index (χ1) is 10.5. The van der Waals surface area contributed by atoms with Gasteiger partial charge in [0.25, 0.3) is 0 Å². The van der Waals surface area contributed by atoms with Gasteiger partial charge in [0, 0.05) is 6.54 Å². The lowest BCUT2D eigenvalue weighted by Gasteiger charge is -2.25. The molecule has 2 atom stereocenters. The number of carbonyl (C=O) groups is 1. The Hall–Kier alpha value is -1.89. The van der Waals surface area contributed by atoms with E-state index in [4.69, 9.17) is 0 Å². The first kappa shape index (κ1) is 16.5. The molecule has 7 heteroatoms. The van der Waals surface area contributed by atoms with E-state index < -0.39 is 6.61 Å². The molecule has 1 aromatic carbocycles. The van der Waals surface area contributed by atoms with Crippen molar-refractivity contribution in [1.29, 1.82) is 0 Å². The highest BCUT2D eigenvalue weighted by atomic mass is 19.3. The monoisotopic (exact) mass is 314 g/mol. The molecule has 0 aliphatic carbocycles. The number of nitrogens with zero attached hydrogens (tertiary/aromatic N) is 1. The Morgan fingerprint density at radius 1 is 1.55 bits per heavy atom. The number of benzene rings is 1. The molecule has 0 bridgehead atoms. The van der Waals surface area contributed by atoms with E-state index in [9.17, 15) is 18.7 Å². The van der Waals surface area contributed by atoms with Crippen LogP contribution in [0.25, 0.3) is 0 Å². The molecule has 2 N–H and O–H groups in total. The van der Waals surface area contributed by atoms with Crippen LogP contribution in [0.15, 0.2) is 24.3 Å². The van der Waals surface area contributed by atoms with E-state index in [-0.39, 0.29) is 30.5 Å². The lowest BCUT2D eigenvalue weighted by molar-refractivity contribution is -0.0499. The number of aliphatic hydroxyl groups excluding tert-OH is 1. The van der Waals surface area contributed by atoms with Gasteiger partial charge in [-0.15, -0.1) is 0 Å². The second kappa shape index (κ2) is 7.40. The number of urea groups is 1. The number of alkyl halides is 2. The maximum atomic E-state index is 12.2. The van der Waals surface area contributed by atoms with E-state index in [0.29, 0.717) is 12.1 Å². The van der Waals surface area contributed by atoms with Crippen molar-refractivity contribution in [2.75, 3.05) is 13.2 Å². The van der Waals surface area contributed by atoms with Gasteiger partial charge < -0.3 is 20.1 Å². The van der Waals surface area contributed by atoms with Gasteiger partial charge in [-0.3, -0.25) is 0 Å². The Labute approximate surface area is 127 Å². The number of nitrogens with one attached hydrogen (secondary N) is 1. The van der Waals surface area contributed by atoms with Crippen molar-refractivity contribution >= 4 is 6.03 Å². The van der Waals surface area contributed by atoms with Gasteiger partial charge in [-0.25, -0.2) is 4.79 Å². The Morgan fingerprint density at radius 3 is 3.00 bits per heavy atom. The largest absolute Gasteiger partial charge is 0.435 e. The number of rotatable bonds is 5. The first-order valence-corrected chi connectivity index (χ1v) is 7.24. The number of aliphatic hydroxyl groups is 1. The van der Waals surface area contributed by atoms with Crippen molar-refractivity contribution in [1.82, 2.24) is 10.2 Å². The van der Waals surface area contributed by atoms with E-state index in [1.54, 1.807) is 24.0 Å². The average Bonchev–Trinajstić information content (AvgIpc) is 2.95. The number of hydrogen-bond donors (Lipinski definition) is 2. The Bertz CT molecular complexity index is 513. The lowest BCUT2D eigenvalue weighted by atomic mass is 10.1. The molecule has 1 aromatic rings. The SMILES string of the molecule is CC(NC(=O)N1CCC[C@H]1CO)c1cccc(OC(F)F)c1. The van der Waals surface area contributed by atoms with Crippen LogP contribution in [0.1, 0.15) is 31.4 Å². The fourth-order valence-corrected chi connectivity index (χ4v) is 2.60. The Balaban J connectivity index is 1.99. The zero-order valence-corrected chi connectivity index (χ0v) is 12.3. The van der Waals surface area contributed by atoms with E-state index in [1.165, 1.54) is 12.1 Å². The molecule has 0 spiro atoms. The lowest BCUT2D eigenvalue weighted by Crippen LogP contribution is -2.44. The molecule has 2 rings (SSSR count). The summed E-state index contributed by atoms with van der Waals surface area (Å²) >= 11 is 0. The molecule has 1 saturated heterocycles. The second-order valence-electron chi connectivity index (χ2n) is 5.29. The summed E-state index contributed by atoms with van der Waals surface area (Å²) in [4.78, 5) is 13.8. The molecule has 1 fully saturated rings. The zero-order chi connectivity index (χ0) is 16.1. The Kier molecular flexibility index (Phi) is 5.54. The summed E-state index contributed by atoms with van der Waals surface area (Å²) < 4.78 is 28.8. The third kappa shape index (κ3) is 4.07. The van der Waals surface area contributed by atoms with Gasteiger partial charge in [0.15, 0.2) is 0 Å². The van der Waals surface area contributed by atoms with Crippen molar-refractivity contribution in [2.24, 2.45) is 0 Å². The van der Waals surface area contributed by atoms with Crippen molar-refractivity contribution in [3.63, 3.8) is 0 Å². The normalized spacial score (nSPS) is 19.3. The number of amides is 2. The maximum absolute atomic E-state index is 12.2. The summed E-state index contributed by atoms with van der Waals surface area (Å²) in [5.74, 6) is 0.0583. The quantitative estimate of drug-likeness (QED) is 0.878. The topological polar surface area (TPSA) is 61.8 Å². The van der Waals surface area contributed by atoms with E-state index in [1.807, 2.05) is 0 Å². The van der Waals surface area contributed by atoms with E-state index >= 15 is 0 Å². The molecule has 0 radical (unpaired) electrons. The molecular weight excluding hydrogens is 294 g/mol. The molecule has 122 valence electrons. The minimum absolute atomic E-state index is 0.0560. The van der Waals surface area contributed by atoms with Crippen LogP contribution in [0.2, 0.25) is 0 Å². The van der Waals surface area contributed by atoms with Crippen molar-refractivity contribution < 1.29 is 23.4 Å². The van der Waals surface area contributed by atoms with Crippen LogP contribution < -0.4 is 10.1 Å². The van der Waals surface area contributed by atoms with E-state index in [2.05, 4.69) is 10.1 Å². The fourth-order valence-electron chi connectivity index (χ4n) is 2.60.